The minimum Gasteiger partial charge on any atom is -0.447 e. The molecule has 0 bridgehead atoms. The number of cyclic esters (lactones) is 1. The Kier molecular flexibility index (Phi) is 5.74. The predicted molar refractivity (Wildman–Crippen MR) is 76.0 cm³/mol. The van der Waals surface area contributed by atoms with E-state index in [1.165, 1.54) is 4.90 Å². The molecule has 2 amide bonds. The van der Waals surface area contributed by atoms with E-state index in [4.69, 9.17) is 4.74 Å². The fraction of sp³-hybridized carbons (Fsp3) is 0.733. The topological polar surface area (TPSA) is 66.8 Å². The maximum Gasteiger partial charge on any atom is 0.417 e. The monoisotopic (exact) mass is 283 g/mol. The molecule has 1 aliphatic heterocycles. The Morgan fingerprint density at radius 3 is 2.45 bits per heavy atom. The molecule has 0 saturated carbocycles. The lowest BCUT2D eigenvalue weighted by atomic mass is 9.90. The van der Waals surface area contributed by atoms with Gasteiger partial charge in [0.25, 0.3) is 0 Å². The number of nitrogens with zero attached hydrogens (tertiary/aromatic N) is 1. The minimum absolute atomic E-state index is 0.0729. The molecule has 5 nitrogen and oxygen atoms in total. The zero-order chi connectivity index (χ0) is 15.4. The van der Waals surface area contributed by atoms with Crippen LogP contribution >= 0.6 is 0 Å². The molecule has 0 unspecified atom stereocenters. The van der Waals surface area contributed by atoms with E-state index >= 15 is 0 Å². The van der Waals surface area contributed by atoms with E-state index in [2.05, 4.69) is 0 Å². The molecule has 0 aromatic rings. The number of hydrogen-bond acceptors (Lipinski definition) is 4. The third-order valence-corrected chi connectivity index (χ3v) is 3.65. The Bertz CT molecular complexity index is 389. The van der Waals surface area contributed by atoms with Crippen molar-refractivity contribution in [2.45, 2.75) is 46.8 Å². The van der Waals surface area contributed by atoms with Crippen LogP contribution in [0, 0.1) is 17.8 Å². The second-order valence-corrected chi connectivity index (χ2v) is 5.88. The average Bonchev–Trinajstić information content (AvgIpc) is 2.76. The van der Waals surface area contributed by atoms with E-state index in [0.29, 0.717) is 0 Å². The molecular weight excluding hydrogens is 258 g/mol. The van der Waals surface area contributed by atoms with Crippen molar-refractivity contribution in [3.63, 3.8) is 0 Å². The van der Waals surface area contributed by atoms with Gasteiger partial charge in [-0.15, -0.1) is 0 Å². The van der Waals surface area contributed by atoms with Gasteiger partial charge in [-0.05, 0) is 18.8 Å². The van der Waals surface area contributed by atoms with Gasteiger partial charge in [-0.2, -0.15) is 0 Å². The second kappa shape index (κ2) is 6.88. The third-order valence-electron chi connectivity index (χ3n) is 3.65. The fourth-order valence-corrected chi connectivity index (χ4v) is 2.30. The van der Waals surface area contributed by atoms with Crippen LogP contribution in [0.25, 0.3) is 0 Å². The minimum atomic E-state index is -0.820. The number of carbonyl (C=O) groups excluding carboxylic acids is 2. The van der Waals surface area contributed by atoms with E-state index in [-0.39, 0.29) is 30.4 Å². The Morgan fingerprint density at radius 1 is 1.40 bits per heavy atom. The Balaban J connectivity index is 3.01. The molecule has 0 aromatic carbocycles. The van der Waals surface area contributed by atoms with E-state index in [0.717, 1.165) is 0 Å². The summed E-state index contributed by atoms with van der Waals surface area (Å²) in [6, 6.07) is -0.262. The van der Waals surface area contributed by atoms with Crippen molar-refractivity contribution in [2.75, 3.05) is 6.61 Å². The van der Waals surface area contributed by atoms with Gasteiger partial charge in [0, 0.05) is 0 Å². The molecule has 0 aliphatic carbocycles. The zero-order valence-corrected chi connectivity index (χ0v) is 12.9. The van der Waals surface area contributed by atoms with Crippen LogP contribution < -0.4 is 0 Å². The number of amides is 2. The lowest BCUT2D eigenvalue weighted by Crippen LogP contribution is -2.47. The van der Waals surface area contributed by atoms with Gasteiger partial charge in [-0.3, -0.25) is 4.79 Å². The van der Waals surface area contributed by atoms with E-state index in [9.17, 15) is 14.7 Å². The lowest BCUT2D eigenvalue weighted by Gasteiger charge is -2.29. The fourth-order valence-electron chi connectivity index (χ4n) is 2.30. The van der Waals surface area contributed by atoms with Gasteiger partial charge in [-0.25, -0.2) is 9.69 Å². The van der Waals surface area contributed by atoms with Crippen LogP contribution in [-0.4, -0.2) is 40.8 Å². The van der Waals surface area contributed by atoms with Crippen LogP contribution in [0.1, 0.15) is 34.6 Å². The Labute approximate surface area is 120 Å². The molecule has 1 rings (SSSR count). The molecule has 1 heterocycles. The van der Waals surface area contributed by atoms with Gasteiger partial charge in [0.1, 0.15) is 6.61 Å². The Morgan fingerprint density at radius 2 is 2.00 bits per heavy atom. The van der Waals surface area contributed by atoms with Crippen LogP contribution in [0.3, 0.4) is 0 Å². The van der Waals surface area contributed by atoms with Gasteiger partial charge in [0.05, 0.1) is 18.1 Å². The van der Waals surface area contributed by atoms with Crippen molar-refractivity contribution in [1.82, 2.24) is 4.90 Å². The van der Waals surface area contributed by atoms with Crippen molar-refractivity contribution in [2.24, 2.45) is 17.8 Å². The summed E-state index contributed by atoms with van der Waals surface area (Å²) in [6.07, 6.45) is 1.94. The number of hydrogen-bond donors (Lipinski definition) is 1. The summed E-state index contributed by atoms with van der Waals surface area (Å²) in [6.45, 7) is 9.58. The first-order valence-electron chi connectivity index (χ1n) is 7.12. The quantitative estimate of drug-likeness (QED) is 0.785. The van der Waals surface area contributed by atoms with Crippen LogP contribution in [0.4, 0.5) is 4.79 Å². The highest BCUT2D eigenvalue weighted by atomic mass is 16.6. The highest BCUT2D eigenvalue weighted by Crippen LogP contribution is 2.25. The molecule has 0 spiro atoms. The van der Waals surface area contributed by atoms with Crippen molar-refractivity contribution >= 4 is 12.0 Å². The first-order chi connectivity index (χ1) is 9.31. The summed E-state index contributed by atoms with van der Waals surface area (Å²) < 4.78 is 4.99. The van der Waals surface area contributed by atoms with Crippen LogP contribution in [0.2, 0.25) is 0 Å². The number of imide groups is 1. The molecule has 3 atom stereocenters. The summed E-state index contributed by atoms with van der Waals surface area (Å²) in [5.41, 5.74) is 0. The van der Waals surface area contributed by atoms with Crippen LogP contribution in [0.5, 0.6) is 0 Å². The molecule has 0 radical (unpaired) electrons. The van der Waals surface area contributed by atoms with Crippen molar-refractivity contribution in [3.05, 3.63) is 12.2 Å². The molecule has 1 saturated heterocycles. The highest BCUT2D eigenvalue weighted by molar-refractivity contribution is 5.96. The molecule has 1 aliphatic rings. The van der Waals surface area contributed by atoms with E-state index in [1.54, 1.807) is 19.1 Å². The number of rotatable bonds is 5. The molecule has 0 aromatic heterocycles. The number of aliphatic hydroxyl groups is 1. The molecular formula is C15H25NO4. The second-order valence-electron chi connectivity index (χ2n) is 5.88. The van der Waals surface area contributed by atoms with Gasteiger partial charge < -0.3 is 9.84 Å². The maximum absolute atomic E-state index is 12.6. The summed E-state index contributed by atoms with van der Waals surface area (Å²) >= 11 is 0. The molecule has 5 heteroatoms. The first-order valence-corrected chi connectivity index (χ1v) is 7.12. The summed E-state index contributed by atoms with van der Waals surface area (Å²) in [7, 11) is 0. The molecule has 1 N–H and O–H groups in total. The van der Waals surface area contributed by atoms with Gasteiger partial charge in [-0.1, -0.05) is 39.8 Å². The van der Waals surface area contributed by atoms with Crippen molar-refractivity contribution < 1.29 is 19.4 Å². The van der Waals surface area contributed by atoms with Crippen LogP contribution in [-0.2, 0) is 9.53 Å². The molecule has 1 fully saturated rings. The smallest absolute Gasteiger partial charge is 0.417 e. The summed E-state index contributed by atoms with van der Waals surface area (Å²) in [4.78, 5) is 25.6. The third kappa shape index (κ3) is 3.39. The highest BCUT2D eigenvalue weighted by Gasteiger charge is 2.43. The van der Waals surface area contributed by atoms with Gasteiger partial charge >= 0.3 is 6.09 Å². The first kappa shape index (κ1) is 16.7. The zero-order valence-electron chi connectivity index (χ0n) is 12.9. The normalized spacial score (nSPS) is 22.7. The van der Waals surface area contributed by atoms with Crippen molar-refractivity contribution in [1.29, 1.82) is 0 Å². The van der Waals surface area contributed by atoms with E-state index in [1.807, 2.05) is 27.7 Å². The number of ether oxygens (including phenoxy) is 1. The largest absolute Gasteiger partial charge is 0.447 e. The standard InChI is InChI=1S/C15H25NO4/c1-6-7-11(13(17)10(4)5)14(18)16-12(9(2)3)8-20-15(16)19/h6-7,9-13,17H,8H2,1-5H3/b7-6-/t11-,12+,13+/m0/s1. The van der Waals surface area contributed by atoms with Gasteiger partial charge in [0.15, 0.2) is 0 Å². The maximum atomic E-state index is 12.6. The number of carbonyl (C=O) groups is 2. The Hall–Kier alpha value is -1.36. The van der Waals surface area contributed by atoms with Gasteiger partial charge in [0.2, 0.25) is 5.91 Å². The van der Waals surface area contributed by atoms with Crippen LogP contribution in [0.15, 0.2) is 12.2 Å². The number of aliphatic hydroxyl groups excluding tert-OH is 1. The molecule has 20 heavy (non-hydrogen) atoms. The average molecular weight is 283 g/mol. The molecule has 114 valence electrons. The lowest BCUT2D eigenvalue weighted by molar-refractivity contribution is -0.136. The number of allylic oxidation sites excluding steroid dienone is 1. The predicted octanol–water partition coefficient (Wildman–Crippen LogP) is 2.20. The SMILES string of the molecule is C/C=C\[C@H](C(=O)N1C(=O)OC[C@@H]1C(C)C)[C@H](O)C(C)C. The summed E-state index contributed by atoms with van der Waals surface area (Å²) in [5.74, 6) is -1.05. The summed E-state index contributed by atoms with van der Waals surface area (Å²) in [5, 5.41) is 10.2. The van der Waals surface area contributed by atoms with Crippen molar-refractivity contribution in [3.8, 4) is 0 Å². The van der Waals surface area contributed by atoms with E-state index < -0.39 is 18.1 Å².